The summed E-state index contributed by atoms with van der Waals surface area (Å²) in [6, 6.07) is 0. The number of hydrogen-bond acceptors (Lipinski definition) is 3. The Morgan fingerprint density at radius 3 is 2.57 bits per heavy atom. The van der Waals surface area contributed by atoms with Crippen molar-refractivity contribution in [1.82, 2.24) is 5.23 Å². The predicted octanol–water partition coefficient (Wildman–Crippen LogP) is 0.403. The fourth-order valence-corrected chi connectivity index (χ4v) is 0.584. The first-order valence-electron chi connectivity index (χ1n) is 2.49. The number of hydrogen-bond donors (Lipinski definition) is 1. The zero-order valence-electron chi connectivity index (χ0n) is 4.13. The summed E-state index contributed by atoms with van der Waals surface area (Å²) in [5, 5.41) is 9.41. The Hall–Kier alpha value is -0.120. The highest BCUT2D eigenvalue weighted by Gasteiger charge is 2.04. The van der Waals surface area contributed by atoms with Crippen LogP contribution in [0.15, 0.2) is 0 Å². The van der Waals surface area contributed by atoms with E-state index in [1.165, 1.54) is 0 Å². The van der Waals surface area contributed by atoms with Crippen molar-refractivity contribution in [3.8, 4) is 0 Å². The molecule has 0 radical (unpaired) electrons. The maximum absolute atomic E-state index is 8.52. The van der Waals surface area contributed by atoms with Crippen molar-refractivity contribution in [3.63, 3.8) is 0 Å². The molecular formula is C4H9NO2. The Balaban J connectivity index is 2.12. The van der Waals surface area contributed by atoms with Gasteiger partial charge in [0.25, 0.3) is 0 Å². The molecule has 0 aliphatic carbocycles. The fourth-order valence-electron chi connectivity index (χ4n) is 0.584. The van der Waals surface area contributed by atoms with Gasteiger partial charge in [-0.3, -0.25) is 10.0 Å². The second-order valence-corrected chi connectivity index (χ2v) is 1.62. The molecule has 7 heavy (non-hydrogen) atoms. The van der Waals surface area contributed by atoms with Crippen LogP contribution in [0, 0.1) is 0 Å². The zero-order chi connectivity index (χ0) is 5.11. The van der Waals surface area contributed by atoms with E-state index in [2.05, 4.69) is 4.84 Å². The van der Waals surface area contributed by atoms with E-state index in [0.29, 0.717) is 13.2 Å². The molecule has 1 saturated heterocycles. The van der Waals surface area contributed by atoms with E-state index in [1.807, 2.05) is 0 Å². The molecule has 1 aliphatic rings. The summed E-state index contributed by atoms with van der Waals surface area (Å²) < 4.78 is 0. The van der Waals surface area contributed by atoms with E-state index in [4.69, 9.17) is 5.21 Å². The second-order valence-electron chi connectivity index (χ2n) is 1.62. The maximum Gasteiger partial charge on any atom is 0.0712 e. The van der Waals surface area contributed by atoms with E-state index in [1.54, 1.807) is 0 Å². The molecule has 0 spiro atoms. The summed E-state index contributed by atoms with van der Waals surface area (Å²) in [4.78, 5) is 4.67. The minimum absolute atomic E-state index is 0.653. The first-order valence-corrected chi connectivity index (χ1v) is 2.49. The molecule has 0 saturated carbocycles. The molecule has 42 valence electrons. The Bertz CT molecular complexity index is 51.7. The largest absolute Gasteiger partial charge is 0.290 e. The summed E-state index contributed by atoms with van der Waals surface area (Å²) in [6.07, 6.45) is 2.10. The fraction of sp³-hybridized carbons (Fsp3) is 1.00. The van der Waals surface area contributed by atoms with Crippen molar-refractivity contribution >= 4 is 0 Å². The zero-order valence-corrected chi connectivity index (χ0v) is 4.13. The van der Waals surface area contributed by atoms with E-state index in [-0.39, 0.29) is 0 Å². The summed E-state index contributed by atoms with van der Waals surface area (Å²) in [5.41, 5.74) is 0. The Kier molecular flexibility index (Phi) is 1.62. The van der Waals surface area contributed by atoms with Gasteiger partial charge in [-0.2, -0.15) is 0 Å². The van der Waals surface area contributed by atoms with Gasteiger partial charge >= 0.3 is 0 Å². The highest BCUT2D eigenvalue weighted by molar-refractivity contribution is 4.42. The molecule has 1 heterocycles. The monoisotopic (exact) mass is 103 g/mol. The predicted molar refractivity (Wildman–Crippen MR) is 23.7 cm³/mol. The number of hydroxylamine groups is 2. The van der Waals surface area contributed by atoms with E-state index < -0.39 is 0 Å². The first kappa shape index (κ1) is 5.03. The Morgan fingerprint density at radius 1 is 1.43 bits per heavy atom. The normalized spacial score (nSPS) is 25.3. The average Bonchev–Trinajstić information content (AvgIpc) is 1.69. The van der Waals surface area contributed by atoms with Gasteiger partial charge in [-0.25, -0.2) is 0 Å². The topological polar surface area (TPSA) is 32.7 Å². The molecule has 0 aromatic carbocycles. The van der Waals surface area contributed by atoms with Crippen molar-refractivity contribution in [2.75, 3.05) is 13.2 Å². The molecule has 0 aromatic heterocycles. The van der Waals surface area contributed by atoms with Gasteiger partial charge in [0.2, 0.25) is 0 Å². The van der Waals surface area contributed by atoms with Crippen LogP contribution in [0.1, 0.15) is 12.8 Å². The lowest BCUT2D eigenvalue weighted by Gasteiger charge is -2.18. The third-order valence-corrected chi connectivity index (χ3v) is 0.984. The molecule has 3 nitrogen and oxygen atoms in total. The molecule has 0 amide bonds. The molecule has 0 bridgehead atoms. The van der Waals surface area contributed by atoms with Crippen LogP contribution in [0.25, 0.3) is 0 Å². The number of rotatable bonds is 0. The van der Waals surface area contributed by atoms with Crippen LogP contribution >= 0.6 is 0 Å². The van der Waals surface area contributed by atoms with Crippen molar-refractivity contribution in [3.05, 3.63) is 0 Å². The van der Waals surface area contributed by atoms with Gasteiger partial charge in [0.1, 0.15) is 0 Å². The minimum Gasteiger partial charge on any atom is -0.290 e. The third-order valence-electron chi connectivity index (χ3n) is 0.984. The standard InChI is InChI=1S/C4H9NO2/c6-5-3-1-2-4-7-5/h6H,1-4H2. The molecule has 0 unspecified atom stereocenters. The van der Waals surface area contributed by atoms with E-state index in [0.717, 1.165) is 18.1 Å². The van der Waals surface area contributed by atoms with Crippen LogP contribution in [-0.2, 0) is 4.84 Å². The average molecular weight is 103 g/mol. The van der Waals surface area contributed by atoms with E-state index >= 15 is 0 Å². The molecule has 1 fully saturated rings. The van der Waals surface area contributed by atoms with Crippen LogP contribution in [-0.4, -0.2) is 23.6 Å². The molecule has 1 N–H and O–H groups in total. The molecule has 0 atom stereocenters. The summed E-state index contributed by atoms with van der Waals surface area (Å²) in [6.45, 7) is 1.32. The first-order chi connectivity index (χ1) is 3.39. The molecule has 0 aromatic rings. The summed E-state index contributed by atoms with van der Waals surface area (Å²) in [5.74, 6) is 0. The van der Waals surface area contributed by atoms with Gasteiger partial charge in [-0.05, 0) is 12.8 Å². The van der Waals surface area contributed by atoms with Gasteiger partial charge in [-0.1, -0.05) is 5.23 Å². The van der Waals surface area contributed by atoms with Crippen molar-refractivity contribution in [2.24, 2.45) is 0 Å². The lowest BCUT2D eigenvalue weighted by Crippen LogP contribution is -2.26. The molecule has 1 aliphatic heterocycles. The van der Waals surface area contributed by atoms with Crippen LogP contribution in [0.4, 0.5) is 0 Å². The quantitative estimate of drug-likeness (QED) is 0.481. The molecule has 1 rings (SSSR count). The van der Waals surface area contributed by atoms with Gasteiger partial charge in [-0.15, -0.1) is 0 Å². The van der Waals surface area contributed by atoms with Crippen molar-refractivity contribution in [1.29, 1.82) is 0 Å². The van der Waals surface area contributed by atoms with Crippen molar-refractivity contribution < 1.29 is 10.0 Å². The minimum atomic E-state index is 0.653. The highest BCUT2D eigenvalue weighted by Crippen LogP contribution is 2.00. The lowest BCUT2D eigenvalue weighted by atomic mass is 10.3. The Morgan fingerprint density at radius 2 is 2.29 bits per heavy atom. The van der Waals surface area contributed by atoms with Crippen LogP contribution in [0.2, 0.25) is 0 Å². The SMILES string of the molecule is ON1CCCCO1. The maximum atomic E-state index is 8.52. The molecular weight excluding hydrogens is 94.0 g/mol. The summed E-state index contributed by atoms with van der Waals surface area (Å²) >= 11 is 0. The van der Waals surface area contributed by atoms with Crippen molar-refractivity contribution in [2.45, 2.75) is 12.8 Å². The summed E-state index contributed by atoms with van der Waals surface area (Å²) in [7, 11) is 0. The Labute approximate surface area is 42.4 Å². The van der Waals surface area contributed by atoms with E-state index in [9.17, 15) is 0 Å². The highest BCUT2D eigenvalue weighted by atomic mass is 16.9. The smallest absolute Gasteiger partial charge is 0.0712 e. The number of nitrogens with zero attached hydrogens (tertiary/aromatic N) is 1. The van der Waals surface area contributed by atoms with Crippen LogP contribution < -0.4 is 0 Å². The van der Waals surface area contributed by atoms with Crippen LogP contribution in [0.3, 0.4) is 0 Å². The van der Waals surface area contributed by atoms with Gasteiger partial charge in [0.05, 0.1) is 13.2 Å². The van der Waals surface area contributed by atoms with Crippen LogP contribution in [0.5, 0.6) is 0 Å². The third kappa shape index (κ3) is 1.43. The second kappa shape index (κ2) is 2.26. The van der Waals surface area contributed by atoms with Gasteiger partial charge in [0.15, 0.2) is 0 Å². The lowest BCUT2D eigenvalue weighted by molar-refractivity contribution is -0.352. The van der Waals surface area contributed by atoms with Gasteiger partial charge in [0, 0.05) is 0 Å². The molecule has 3 heteroatoms. The van der Waals surface area contributed by atoms with Gasteiger partial charge < -0.3 is 0 Å².